The van der Waals surface area contributed by atoms with Gasteiger partial charge >= 0.3 is 12.0 Å². The third-order valence-corrected chi connectivity index (χ3v) is 5.91. The van der Waals surface area contributed by atoms with Gasteiger partial charge in [-0.25, -0.2) is 13.2 Å². The summed E-state index contributed by atoms with van der Waals surface area (Å²) in [4.78, 5) is 26.7. The van der Waals surface area contributed by atoms with Gasteiger partial charge in [0.2, 0.25) is 0 Å². The number of hydrogen-bond donors (Lipinski definition) is 1. The largest absolute Gasteiger partial charge is 0.481 e. The number of carboxylic acid groups (broad SMARTS) is 1. The fourth-order valence-corrected chi connectivity index (χ4v) is 4.77. The molecule has 0 aliphatic carbocycles. The van der Waals surface area contributed by atoms with Crippen LogP contribution < -0.4 is 0 Å². The van der Waals surface area contributed by atoms with Gasteiger partial charge in [-0.2, -0.15) is 0 Å². The number of carbonyl (C=O) groups excluding carboxylic acids is 1. The van der Waals surface area contributed by atoms with Crippen LogP contribution in [0.3, 0.4) is 0 Å². The molecule has 2 fully saturated rings. The molecule has 120 valence electrons. The zero-order valence-electron chi connectivity index (χ0n) is 12.4. The Balaban J connectivity index is 2.15. The van der Waals surface area contributed by atoms with Crippen molar-refractivity contribution < 1.29 is 23.1 Å². The lowest BCUT2D eigenvalue weighted by atomic mass is 10.1. The van der Waals surface area contributed by atoms with E-state index in [-0.39, 0.29) is 36.5 Å². The first-order valence-corrected chi connectivity index (χ1v) is 9.01. The first kappa shape index (κ1) is 16.1. The van der Waals surface area contributed by atoms with E-state index in [0.717, 1.165) is 6.42 Å². The third-order valence-electron chi connectivity index (χ3n) is 4.22. The molecule has 3 atom stereocenters. The number of sulfone groups is 1. The molecule has 0 saturated carbocycles. The quantitative estimate of drug-likeness (QED) is 0.796. The van der Waals surface area contributed by atoms with Crippen LogP contribution in [0.2, 0.25) is 0 Å². The summed E-state index contributed by atoms with van der Waals surface area (Å²) in [6, 6.07) is -0.888. The molecule has 0 radical (unpaired) electrons. The van der Waals surface area contributed by atoms with Gasteiger partial charge in [0.15, 0.2) is 9.84 Å². The van der Waals surface area contributed by atoms with Gasteiger partial charge in [-0.1, -0.05) is 6.92 Å². The smallest absolute Gasteiger partial charge is 0.320 e. The Morgan fingerprint density at radius 3 is 2.43 bits per heavy atom. The summed E-state index contributed by atoms with van der Waals surface area (Å²) in [5.74, 6) is -1.02. The molecule has 0 bridgehead atoms. The number of amides is 2. The Morgan fingerprint density at radius 2 is 1.90 bits per heavy atom. The van der Waals surface area contributed by atoms with Gasteiger partial charge in [0.1, 0.15) is 0 Å². The third kappa shape index (κ3) is 3.66. The molecular weight excluding hydrogens is 296 g/mol. The van der Waals surface area contributed by atoms with E-state index in [9.17, 15) is 18.0 Å². The number of urea groups is 1. The first-order chi connectivity index (χ1) is 9.69. The van der Waals surface area contributed by atoms with Gasteiger partial charge in [-0.05, 0) is 19.3 Å². The average Bonchev–Trinajstić information content (AvgIpc) is 2.66. The van der Waals surface area contributed by atoms with Gasteiger partial charge in [0.25, 0.3) is 0 Å². The number of aliphatic carboxylic acids is 1. The maximum atomic E-state index is 12.6. The Morgan fingerprint density at radius 1 is 1.24 bits per heavy atom. The van der Waals surface area contributed by atoms with Crippen molar-refractivity contribution in [1.29, 1.82) is 0 Å². The van der Waals surface area contributed by atoms with E-state index in [4.69, 9.17) is 5.11 Å². The molecular formula is C13H22N2O5S. The maximum absolute atomic E-state index is 12.6. The molecule has 21 heavy (non-hydrogen) atoms. The molecule has 0 aromatic heterocycles. The van der Waals surface area contributed by atoms with Crippen LogP contribution in [0.4, 0.5) is 4.79 Å². The molecule has 3 unspecified atom stereocenters. The highest BCUT2D eigenvalue weighted by molar-refractivity contribution is 7.91. The Kier molecular flexibility index (Phi) is 4.46. The van der Waals surface area contributed by atoms with Crippen LogP contribution in [0.5, 0.6) is 0 Å². The summed E-state index contributed by atoms with van der Waals surface area (Å²) in [5.41, 5.74) is 0. The number of carboxylic acids is 1. The highest BCUT2D eigenvalue weighted by atomic mass is 32.2. The van der Waals surface area contributed by atoms with Crippen LogP contribution in [0.15, 0.2) is 0 Å². The minimum Gasteiger partial charge on any atom is -0.481 e. The van der Waals surface area contributed by atoms with Crippen molar-refractivity contribution >= 4 is 21.8 Å². The molecule has 0 aromatic carbocycles. The predicted molar refractivity (Wildman–Crippen MR) is 76.7 cm³/mol. The lowest BCUT2D eigenvalue weighted by Gasteiger charge is -2.38. The lowest BCUT2D eigenvalue weighted by Crippen LogP contribution is -2.56. The van der Waals surface area contributed by atoms with E-state index >= 15 is 0 Å². The number of carbonyl (C=O) groups is 2. The molecule has 2 aliphatic rings. The SMILES string of the molecule is CC1CC(C)N(C(=O)N2CCS(=O)(=O)CC2CC(=O)O)C1. The molecule has 7 nitrogen and oxygen atoms in total. The predicted octanol–water partition coefficient (Wildman–Crippen LogP) is 0.410. The monoisotopic (exact) mass is 318 g/mol. The van der Waals surface area contributed by atoms with E-state index in [2.05, 4.69) is 6.92 Å². The van der Waals surface area contributed by atoms with Crippen LogP contribution in [-0.4, -0.2) is 72.0 Å². The summed E-state index contributed by atoms with van der Waals surface area (Å²) in [7, 11) is -3.27. The fourth-order valence-electron chi connectivity index (χ4n) is 3.24. The van der Waals surface area contributed by atoms with Gasteiger partial charge in [-0.3, -0.25) is 4.79 Å². The lowest BCUT2D eigenvalue weighted by molar-refractivity contribution is -0.138. The van der Waals surface area contributed by atoms with Crippen molar-refractivity contribution in [3.05, 3.63) is 0 Å². The summed E-state index contributed by atoms with van der Waals surface area (Å²) >= 11 is 0. The highest BCUT2D eigenvalue weighted by Gasteiger charge is 2.40. The van der Waals surface area contributed by atoms with E-state index in [1.54, 1.807) is 4.90 Å². The van der Waals surface area contributed by atoms with Crippen molar-refractivity contribution in [2.75, 3.05) is 24.6 Å². The Bertz CT molecular complexity index is 533. The molecule has 2 saturated heterocycles. The molecule has 0 aromatic rings. The van der Waals surface area contributed by atoms with E-state index < -0.39 is 21.8 Å². The van der Waals surface area contributed by atoms with Gasteiger partial charge in [0.05, 0.1) is 24.0 Å². The minimum absolute atomic E-state index is 0.0801. The van der Waals surface area contributed by atoms with Gasteiger partial charge < -0.3 is 14.9 Å². The van der Waals surface area contributed by atoms with Crippen molar-refractivity contribution in [2.45, 2.75) is 38.8 Å². The maximum Gasteiger partial charge on any atom is 0.320 e. The highest BCUT2D eigenvalue weighted by Crippen LogP contribution is 2.26. The topological polar surface area (TPSA) is 95.0 Å². The summed E-state index contributed by atoms with van der Waals surface area (Å²) in [6.07, 6.45) is 0.588. The Hall–Kier alpha value is -1.31. The molecule has 0 spiro atoms. The number of likely N-dealkylation sites (tertiary alicyclic amines) is 1. The zero-order valence-corrected chi connectivity index (χ0v) is 13.2. The van der Waals surface area contributed by atoms with Crippen molar-refractivity contribution in [3.8, 4) is 0 Å². The number of rotatable bonds is 2. The van der Waals surface area contributed by atoms with Crippen molar-refractivity contribution in [1.82, 2.24) is 9.80 Å². The first-order valence-electron chi connectivity index (χ1n) is 7.19. The van der Waals surface area contributed by atoms with Crippen LogP contribution in [-0.2, 0) is 14.6 Å². The summed E-state index contributed by atoms with van der Waals surface area (Å²) < 4.78 is 23.4. The van der Waals surface area contributed by atoms with Gasteiger partial charge in [0, 0.05) is 19.1 Å². The molecule has 8 heteroatoms. The second-order valence-electron chi connectivity index (χ2n) is 6.18. The summed E-state index contributed by atoms with van der Waals surface area (Å²) in [6.45, 7) is 4.76. The summed E-state index contributed by atoms with van der Waals surface area (Å²) in [5, 5.41) is 8.95. The van der Waals surface area contributed by atoms with E-state index in [1.807, 2.05) is 6.92 Å². The fraction of sp³-hybridized carbons (Fsp3) is 0.846. The Labute approximate surface area is 124 Å². The normalized spacial score (nSPS) is 32.2. The van der Waals surface area contributed by atoms with Crippen LogP contribution in [0.25, 0.3) is 0 Å². The van der Waals surface area contributed by atoms with Crippen molar-refractivity contribution in [3.63, 3.8) is 0 Å². The number of nitrogens with zero attached hydrogens (tertiary/aromatic N) is 2. The average molecular weight is 318 g/mol. The van der Waals surface area contributed by atoms with Crippen LogP contribution in [0, 0.1) is 5.92 Å². The van der Waals surface area contributed by atoms with Crippen molar-refractivity contribution in [2.24, 2.45) is 5.92 Å². The van der Waals surface area contributed by atoms with E-state index in [1.165, 1.54) is 4.90 Å². The van der Waals surface area contributed by atoms with Crippen LogP contribution >= 0.6 is 0 Å². The van der Waals surface area contributed by atoms with E-state index in [0.29, 0.717) is 12.5 Å². The molecule has 2 amide bonds. The molecule has 2 rings (SSSR count). The second-order valence-corrected chi connectivity index (χ2v) is 8.41. The van der Waals surface area contributed by atoms with Gasteiger partial charge in [-0.15, -0.1) is 0 Å². The molecule has 2 aliphatic heterocycles. The van der Waals surface area contributed by atoms with Crippen LogP contribution in [0.1, 0.15) is 26.7 Å². The molecule has 1 N–H and O–H groups in total. The zero-order chi connectivity index (χ0) is 15.8. The minimum atomic E-state index is -3.27. The number of hydrogen-bond acceptors (Lipinski definition) is 4. The standard InChI is InChI=1S/C13H22N2O5S/c1-9-5-10(2)15(7-9)13(18)14-3-4-21(19,20)8-11(14)6-12(16)17/h9-11H,3-8H2,1-2H3,(H,16,17). The molecule has 2 heterocycles. The second kappa shape index (κ2) is 5.82.